The topological polar surface area (TPSA) is 87.5 Å². The maximum atomic E-state index is 12.4. The summed E-state index contributed by atoms with van der Waals surface area (Å²) in [4.78, 5) is 16.7. The van der Waals surface area contributed by atoms with Crippen LogP contribution in [0.2, 0.25) is 0 Å². The van der Waals surface area contributed by atoms with E-state index in [-0.39, 0.29) is 12.5 Å². The van der Waals surface area contributed by atoms with Crippen LogP contribution in [0.5, 0.6) is 11.5 Å². The zero-order chi connectivity index (χ0) is 18.1. The molecule has 0 heterocycles. The molecule has 0 saturated carbocycles. The average molecular weight is 340 g/mol. The Kier molecular flexibility index (Phi) is 6.68. The van der Waals surface area contributed by atoms with Crippen molar-refractivity contribution in [1.82, 2.24) is 4.90 Å². The molecule has 7 nitrogen and oxygen atoms in total. The van der Waals surface area contributed by atoms with Crippen LogP contribution >= 0.6 is 0 Å². The van der Waals surface area contributed by atoms with Crippen LogP contribution in [0.4, 0.5) is 0 Å². The lowest BCUT2D eigenvalue weighted by Gasteiger charge is -2.22. The average Bonchev–Trinajstić information content (AvgIpc) is 2.66. The van der Waals surface area contributed by atoms with Gasteiger partial charge >= 0.3 is 0 Å². The third kappa shape index (κ3) is 5.44. The number of carbonyl (C=O) groups excluding carboxylic acids is 1. The van der Waals surface area contributed by atoms with Gasteiger partial charge in [0.15, 0.2) is 0 Å². The Labute approximate surface area is 146 Å². The molecular formula is C18H20N4O3. The van der Waals surface area contributed by atoms with Crippen LogP contribution < -0.4 is 9.47 Å². The van der Waals surface area contributed by atoms with Crippen LogP contribution in [0.3, 0.4) is 0 Å². The Morgan fingerprint density at radius 2 is 1.40 bits per heavy atom. The van der Waals surface area contributed by atoms with Gasteiger partial charge in [-0.1, -0.05) is 29.4 Å². The SMILES string of the molecule is COc1ccc(CN(Cc2ccc(OC)cc2)C(=O)CN=[N+]=[N-])cc1. The van der Waals surface area contributed by atoms with Gasteiger partial charge in [-0.15, -0.1) is 0 Å². The highest BCUT2D eigenvalue weighted by Crippen LogP contribution is 2.17. The molecular weight excluding hydrogens is 320 g/mol. The summed E-state index contributed by atoms with van der Waals surface area (Å²) < 4.78 is 10.3. The summed E-state index contributed by atoms with van der Waals surface area (Å²) in [6, 6.07) is 15.0. The normalized spacial score (nSPS) is 9.84. The lowest BCUT2D eigenvalue weighted by atomic mass is 10.1. The van der Waals surface area contributed by atoms with Crippen LogP contribution in [0, 0.1) is 0 Å². The van der Waals surface area contributed by atoms with Crippen LogP contribution in [-0.4, -0.2) is 31.6 Å². The fourth-order valence-corrected chi connectivity index (χ4v) is 2.33. The van der Waals surface area contributed by atoms with Gasteiger partial charge in [0.25, 0.3) is 0 Å². The second-order valence-electron chi connectivity index (χ2n) is 5.33. The molecule has 0 aliphatic rings. The van der Waals surface area contributed by atoms with Crippen molar-refractivity contribution in [1.29, 1.82) is 0 Å². The quantitative estimate of drug-likeness (QED) is 0.418. The number of carbonyl (C=O) groups is 1. The molecule has 0 radical (unpaired) electrons. The van der Waals surface area contributed by atoms with E-state index in [1.54, 1.807) is 19.1 Å². The summed E-state index contributed by atoms with van der Waals surface area (Å²) in [6.45, 7) is 0.619. The number of methoxy groups -OCH3 is 2. The summed E-state index contributed by atoms with van der Waals surface area (Å²) in [5, 5.41) is 3.38. The molecule has 0 aromatic heterocycles. The Bertz CT molecular complexity index is 688. The summed E-state index contributed by atoms with van der Waals surface area (Å²) >= 11 is 0. The smallest absolute Gasteiger partial charge is 0.229 e. The van der Waals surface area contributed by atoms with E-state index in [0.29, 0.717) is 13.1 Å². The zero-order valence-corrected chi connectivity index (χ0v) is 14.3. The maximum absolute atomic E-state index is 12.4. The highest BCUT2D eigenvalue weighted by atomic mass is 16.5. The summed E-state index contributed by atoms with van der Waals surface area (Å²) in [7, 11) is 3.21. The Hall–Kier alpha value is -3.18. The number of hydrogen-bond donors (Lipinski definition) is 0. The predicted molar refractivity (Wildman–Crippen MR) is 94.3 cm³/mol. The van der Waals surface area contributed by atoms with Gasteiger partial charge in [0, 0.05) is 18.0 Å². The standard InChI is InChI=1S/C18H20N4O3/c1-24-16-7-3-14(4-8-16)12-22(18(23)11-20-21-19)13-15-5-9-17(25-2)10-6-15/h3-10H,11-13H2,1-2H3. The molecule has 0 N–H and O–H groups in total. The molecule has 0 unspecified atom stereocenters. The molecule has 0 bridgehead atoms. The second kappa shape index (κ2) is 9.20. The first-order chi connectivity index (χ1) is 12.2. The van der Waals surface area contributed by atoms with Crippen molar-refractivity contribution < 1.29 is 14.3 Å². The van der Waals surface area contributed by atoms with Crippen molar-refractivity contribution in [3.05, 3.63) is 70.1 Å². The first-order valence-corrected chi connectivity index (χ1v) is 7.70. The van der Waals surface area contributed by atoms with E-state index in [1.165, 1.54) is 0 Å². The van der Waals surface area contributed by atoms with Gasteiger partial charge in [-0.25, -0.2) is 0 Å². The van der Waals surface area contributed by atoms with Gasteiger partial charge in [0.1, 0.15) is 18.0 Å². The number of hydrogen-bond acceptors (Lipinski definition) is 4. The predicted octanol–water partition coefficient (Wildman–Crippen LogP) is 3.54. The fourth-order valence-electron chi connectivity index (χ4n) is 2.33. The molecule has 0 saturated heterocycles. The largest absolute Gasteiger partial charge is 0.497 e. The molecule has 25 heavy (non-hydrogen) atoms. The molecule has 0 atom stereocenters. The van der Waals surface area contributed by atoms with Crippen LogP contribution in [0.1, 0.15) is 11.1 Å². The monoisotopic (exact) mass is 340 g/mol. The molecule has 0 spiro atoms. The van der Waals surface area contributed by atoms with Crippen molar-refractivity contribution in [2.75, 3.05) is 20.8 Å². The van der Waals surface area contributed by atoms with E-state index in [9.17, 15) is 4.79 Å². The number of amides is 1. The number of ether oxygens (including phenoxy) is 2. The highest BCUT2D eigenvalue weighted by Gasteiger charge is 2.14. The minimum absolute atomic E-state index is 0.206. The molecule has 2 aromatic carbocycles. The number of azide groups is 1. The zero-order valence-electron chi connectivity index (χ0n) is 14.3. The van der Waals surface area contributed by atoms with Gasteiger partial charge in [-0.2, -0.15) is 0 Å². The third-order valence-corrected chi connectivity index (χ3v) is 3.69. The van der Waals surface area contributed by atoms with Gasteiger partial charge in [-0.3, -0.25) is 4.79 Å². The summed E-state index contributed by atoms with van der Waals surface area (Å²) in [5.41, 5.74) is 10.4. The number of nitrogens with zero attached hydrogens (tertiary/aromatic N) is 4. The second-order valence-corrected chi connectivity index (χ2v) is 5.33. The Morgan fingerprint density at radius 1 is 0.960 bits per heavy atom. The number of rotatable bonds is 8. The van der Waals surface area contributed by atoms with E-state index in [2.05, 4.69) is 10.0 Å². The van der Waals surface area contributed by atoms with Crippen molar-refractivity contribution >= 4 is 5.91 Å². The van der Waals surface area contributed by atoms with Crippen molar-refractivity contribution in [3.8, 4) is 11.5 Å². The van der Waals surface area contributed by atoms with Gasteiger partial charge in [-0.05, 0) is 40.9 Å². The fraction of sp³-hybridized carbons (Fsp3) is 0.278. The van der Waals surface area contributed by atoms with Crippen molar-refractivity contribution in [2.24, 2.45) is 5.11 Å². The minimum atomic E-state index is -0.232. The molecule has 2 rings (SSSR count). The summed E-state index contributed by atoms with van der Waals surface area (Å²) in [6.07, 6.45) is 0. The summed E-state index contributed by atoms with van der Waals surface area (Å²) in [5.74, 6) is 1.28. The molecule has 2 aromatic rings. The van der Waals surface area contributed by atoms with E-state index in [1.807, 2.05) is 48.5 Å². The van der Waals surface area contributed by atoms with E-state index < -0.39 is 0 Å². The van der Waals surface area contributed by atoms with E-state index in [0.717, 1.165) is 22.6 Å². The first-order valence-electron chi connectivity index (χ1n) is 7.70. The first kappa shape index (κ1) is 18.2. The molecule has 130 valence electrons. The molecule has 0 aliphatic heterocycles. The lowest BCUT2D eigenvalue weighted by molar-refractivity contribution is -0.130. The van der Waals surface area contributed by atoms with Gasteiger partial charge in [0.05, 0.1) is 14.2 Å². The maximum Gasteiger partial charge on any atom is 0.229 e. The van der Waals surface area contributed by atoms with Crippen LogP contribution in [0.25, 0.3) is 10.4 Å². The molecule has 0 aliphatic carbocycles. The molecule has 0 fully saturated rings. The Morgan fingerprint density at radius 3 is 1.76 bits per heavy atom. The third-order valence-electron chi connectivity index (χ3n) is 3.69. The van der Waals surface area contributed by atoms with Crippen molar-refractivity contribution in [3.63, 3.8) is 0 Å². The Balaban J connectivity index is 2.15. The van der Waals surface area contributed by atoms with Crippen LogP contribution in [0.15, 0.2) is 53.6 Å². The van der Waals surface area contributed by atoms with Gasteiger partial charge in [0.2, 0.25) is 5.91 Å². The highest BCUT2D eigenvalue weighted by molar-refractivity contribution is 5.78. The lowest BCUT2D eigenvalue weighted by Crippen LogP contribution is -2.31. The van der Waals surface area contributed by atoms with E-state index in [4.69, 9.17) is 15.0 Å². The minimum Gasteiger partial charge on any atom is -0.497 e. The van der Waals surface area contributed by atoms with Crippen LogP contribution in [-0.2, 0) is 17.9 Å². The van der Waals surface area contributed by atoms with Crippen molar-refractivity contribution in [2.45, 2.75) is 13.1 Å². The van der Waals surface area contributed by atoms with Gasteiger partial charge < -0.3 is 14.4 Å². The molecule has 1 amide bonds. The van der Waals surface area contributed by atoms with E-state index >= 15 is 0 Å². The number of benzene rings is 2. The molecule has 7 heteroatoms.